The molecule has 2 aliphatic heterocycles. The van der Waals surface area contributed by atoms with Crippen LogP contribution >= 0.6 is 24.0 Å². The molecule has 2 heterocycles. The molecule has 0 aromatic carbocycles. The molecule has 2 saturated heterocycles. The summed E-state index contributed by atoms with van der Waals surface area (Å²) >= 11 is 0. The van der Waals surface area contributed by atoms with E-state index in [0.29, 0.717) is 24.0 Å². The highest BCUT2D eigenvalue weighted by atomic mass is 127. The van der Waals surface area contributed by atoms with Crippen LogP contribution in [0.2, 0.25) is 0 Å². The zero-order valence-electron chi connectivity index (χ0n) is 16.2. The van der Waals surface area contributed by atoms with Crippen molar-refractivity contribution in [3.05, 3.63) is 0 Å². The molecular weight excluding hydrogens is 413 g/mol. The number of hydrogen-bond donors (Lipinski definition) is 2. The predicted molar refractivity (Wildman–Crippen MR) is 114 cm³/mol. The van der Waals surface area contributed by atoms with Gasteiger partial charge in [0.1, 0.15) is 0 Å². The molecule has 0 amide bonds. The van der Waals surface area contributed by atoms with Gasteiger partial charge in [-0.15, -0.1) is 24.0 Å². The van der Waals surface area contributed by atoms with Crippen molar-refractivity contribution in [3.8, 4) is 0 Å². The second-order valence-electron chi connectivity index (χ2n) is 7.53. The molecule has 6 heteroatoms. The molecule has 0 aromatic rings. The van der Waals surface area contributed by atoms with Gasteiger partial charge in [-0.3, -0.25) is 14.8 Å². The number of guanidine groups is 1. The Morgan fingerprint density at radius 3 is 2.33 bits per heavy atom. The van der Waals surface area contributed by atoms with Crippen LogP contribution < -0.4 is 10.6 Å². The summed E-state index contributed by atoms with van der Waals surface area (Å²) in [5.41, 5.74) is 0. The number of aliphatic imine (C=N–C) groups is 1. The van der Waals surface area contributed by atoms with Crippen molar-refractivity contribution in [1.29, 1.82) is 0 Å². The molecule has 2 N–H and O–H groups in total. The van der Waals surface area contributed by atoms with Crippen molar-refractivity contribution in [1.82, 2.24) is 20.4 Å². The monoisotopic (exact) mass is 451 g/mol. The standard InChI is InChI=1S/C18H37N5.HI/c1-6-16(22-9-7-8-10-22)11-20-18(19-5)21-17-13-23(14(2)3)12-15(17)4;/h14-17H,6-13H2,1-5H3,(H2,19,20,21);1H. The Morgan fingerprint density at radius 2 is 1.83 bits per heavy atom. The number of nitrogens with zero attached hydrogens (tertiary/aromatic N) is 3. The lowest BCUT2D eigenvalue weighted by Gasteiger charge is -2.28. The first-order chi connectivity index (χ1) is 11.0. The van der Waals surface area contributed by atoms with E-state index in [9.17, 15) is 0 Å². The third kappa shape index (κ3) is 6.02. The third-order valence-electron chi connectivity index (χ3n) is 5.55. The molecule has 3 atom stereocenters. The van der Waals surface area contributed by atoms with E-state index in [0.717, 1.165) is 19.0 Å². The van der Waals surface area contributed by atoms with Crippen LogP contribution in [0.15, 0.2) is 4.99 Å². The minimum Gasteiger partial charge on any atom is -0.355 e. The van der Waals surface area contributed by atoms with Crippen molar-refractivity contribution in [2.24, 2.45) is 10.9 Å². The van der Waals surface area contributed by atoms with E-state index in [4.69, 9.17) is 0 Å². The smallest absolute Gasteiger partial charge is 0.191 e. The highest BCUT2D eigenvalue weighted by molar-refractivity contribution is 14.0. The fourth-order valence-electron chi connectivity index (χ4n) is 3.84. The summed E-state index contributed by atoms with van der Waals surface area (Å²) in [4.78, 5) is 9.62. The summed E-state index contributed by atoms with van der Waals surface area (Å²) in [7, 11) is 1.88. The lowest BCUT2D eigenvalue weighted by molar-refractivity contribution is 0.236. The van der Waals surface area contributed by atoms with Crippen molar-refractivity contribution in [2.75, 3.05) is 39.8 Å². The van der Waals surface area contributed by atoms with Crippen molar-refractivity contribution >= 4 is 29.9 Å². The number of rotatable bonds is 6. The van der Waals surface area contributed by atoms with E-state index >= 15 is 0 Å². The number of hydrogen-bond acceptors (Lipinski definition) is 3. The lowest BCUT2D eigenvalue weighted by atomic mass is 10.1. The minimum absolute atomic E-state index is 0. The van der Waals surface area contributed by atoms with Gasteiger partial charge in [-0.05, 0) is 52.1 Å². The van der Waals surface area contributed by atoms with Crippen LogP contribution in [0.3, 0.4) is 0 Å². The summed E-state index contributed by atoms with van der Waals surface area (Å²) in [6.07, 6.45) is 3.91. The van der Waals surface area contributed by atoms with Gasteiger partial charge in [0.05, 0.1) is 0 Å². The quantitative estimate of drug-likeness (QED) is 0.370. The lowest BCUT2D eigenvalue weighted by Crippen LogP contribution is -2.50. The van der Waals surface area contributed by atoms with Gasteiger partial charge in [-0.1, -0.05) is 13.8 Å². The first-order valence-corrected chi connectivity index (χ1v) is 9.50. The molecule has 0 saturated carbocycles. The predicted octanol–water partition coefficient (Wildman–Crippen LogP) is 2.37. The molecule has 0 spiro atoms. The molecule has 0 aromatic heterocycles. The SMILES string of the molecule is CCC(CNC(=NC)NC1CN(C(C)C)CC1C)N1CCCC1.I. The van der Waals surface area contributed by atoms with Crippen LogP contribution in [-0.4, -0.2) is 73.7 Å². The van der Waals surface area contributed by atoms with Crippen molar-refractivity contribution in [2.45, 2.75) is 65.1 Å². The molecule has 0 radical (unpaired) electrons. The zero-order chi connectivity index (χ0) is 16.8. The van der Waals surface area contributed by atoms with E-state index in [1.807, 2.05) is 7.05 Å². The third-order valence-corrected chi connectivity index (χ3v) is 5.55. The molecule has 3 unspecified atom stereocenters. The Bertz CT molecular complexity index is 382. The van der Waals surface area contributed by atoms with Gasteiger partial charge in [0.2, 0.25) is 0 Å². The minimum atomic E-state index is 0. The number of halogens is 1. The largest absolute Gasteiger partial charge is 0.355 e. The van der Waals surface area contributed by atoms with E-state index in [1.54, 1.807) is 0 Å². The Hall–Kier alpha value is -0.0800. The molecule has 142 valence electrons. The van der Waals surface area contributed by atoms with Crippen LogP contribution in [0, 0.1) is 5.92 Å². The number of likely N-dealkylation sites (tertiary alicyclic amines) is 2. The maximum absolute atomic E-state index is 4.45. The molecule has 24 heavy (non-hydrogen) atoms. The average molecular weight is 451 g/mol. The van der Waals surface area contributed by atoms with Crippen molar-refractivity contribution in [3.63, 3.8) is 0 Å². The second-order valence-corrected chi connectivity index (χ2v) is 7.53. The Morgan fingerprint density at radius 1 is 1.17 bits per heavy atom. The van der Waals surface area contributed by atoms with E-state index in [1.165, 1.54) is 38.9 Å². The topological polar surface area (TPSA) is 42.9 Å². The number of nitrogens with one attached hydrogen (secondary N) is 2. The van der Waals surface area contributed by atoms with Crippen molar-refractivity contribution < 1.29 is 0 Å². The van der Waals surface area contributed by atoms with Gasteiger partial charge in [0.15, 0.2) is 5.96 Å². The van der Waals surface area contributed by atoms with Crippen LogP contribution in [-0.2, 0) is 0 Å². The molecule has 2 fully saturated rings. The Kier molecular flexibility index (Phi) is 9.89. The van der Waals surface area contributed by atoms with Gasteiger partial charge in [0.25, 0.3) is 0 Å². The van der Waals surface area contributed by atoms with Crippen LogP contribution in [0.1, 0.15) is 47.0 Å². The second kappa shape index (κ2) is 10.8. The highest BCUT2D eigenvalue weighted by Crippen LogP contribution is 2.18. The zero-order valence-corrected chi connectivity index (χ0v) is 18.5. The maximum atomic E-state index is 4.45. The first-order valence-electron chi connectivity index (χ1n) is 9.50. The van der Waals surface area contributed by atoms with Crippen LogP contribution in [0.5, 0.6) is 0 Å². The molecular formula is C18H38IN5. The van der Waals surface area contributed by atoms with Gasteiger partial charge in [-0.25, -0.2) is 0 Å². The Labute approximate surface area is 166 Å². The summed E-state index contributed by atoms with van der Waals surface area (Å²) in [5.74, 6) is 1.63. The first kappa shape index (κ1) is 22.0. The molecule has 2 rings (SSSR count). The normalized spacial score (nSPS) is 27.3. The molecule has 0 aliphatic carbocycles. The van der Waals surface area contributed by atoms with Crippen LogP contribution in [0.4, 0.5) is 0 Å². The van der Waals surface area contributed by atoms with E-state index < -0.39 is 0 Å². The molecule has 5 nitrogen and oxygen atoms in total. The summed E-state index contributed by atoms with van der Waals surface area (Å²) in [6, 6.07) is 1.75. The molecule has 0 bridgehead atoms. The van der Waals surface area contributed by atoms with Gasteiger partial charge < -0.3 is 10.6 Å². The summed E-state index contributed by atoms with van der Waals surface area (Å²) < 4.78 is 0. The summed E-state index contributed by atoms with van der Waals surface area (Å²) in [6.45, 7) is 15.0. The maximum Gasteiger partial charge on any atom is 0.191 e. The van der Waals surface area contributed by atoms with Crippen LogP contribution in [0.25, 0.3) is 0 Å². The fraction of sp³-hybridized carbons (Fsp3) is 0.944. The molecule has 2 aliphatic rings. The van der Waals surface area contributed by atoms with Gasteiger partial charge in [0, 0.05) is 44.8 Å². The summed E-state index contributed by atoms with van der Waals surface area (Å²) in [5, 5.41) is 7.22. The van der Waals surface area contributed by atoms with Gasteiger partial charge >= 0.3 is 0 Å². The fourth-order valence-corrected chi connectivity index (χ4v) is 3.84. The van der Waals surface area contributed by atoms with E-state index in [2.05, 4.69) is 53.1 Å². The van der Waals surface area contributed by atoms with E-state index in [-0.39, 0.29) is 24.0 Å². The average Bonchev–Trinajstić information content (AvgIpc) is 3.17. The highest BCUT2D eigenvalue weighted by Gasteiger charge is 2.31. The Balaban J connectivity index is 0.00000288. The van der Waals surface area contributed by atoms with Gasteiger partial charge in [-0.2, -0.15) is 0 Å².